The van der Waals surface area contributed by atoms with Crippen LogP contribution < -0.4 is 16.0 Å². The number of ether oxygens (including phenoxy) is 1. The minimum Gasteiger partial charge on any atom is -0.494 e. The first kappa shape index (κ1) is 15.1. The largest absolute Gasteiger partial charge is 0.494 e. The second-order valence-electron chi connectivity index (χ2n) is 5.55. The van der Waals surface area contributed by atoms with Gasteiger partial charge in [0.15, 0.2) is 0 Å². The van der Waals surface area contributed by atoms with Crippen LogP contribution in [0.25, 0.3) is 0 Å². The van der Waals surface area contributed by atoms with Gasteiger partial charge in [-0.3, -0.25) is 11.3 Å². The van der Waals surface area contributed by atoms with Gasteiger partial charge < -0.3 is 4.74 Å². The number of hydrogen-bond acceptors (Lipinski definition) is 3. The molecule has 2 rings (SSSR count). The number of nitrogens with one attached hydrogen (secondary N) is 1. The average molecular weight is 274 g/mol. The highest BCUT2D eigenvalue weighted by atomic mass is 16.5. The molecule has 3 N–H and O–H groups in total. The van der Waals surface area contributed by atoms with Crippen LogP contribution in [0.4, 0.5) is 0 Å². The van der Waals surface area contributed by atoms with Crippen molar-refractivity contribution in [3.63, 3.8) is 0 Å². The van der Waals surface area contributed by atoms with Crippen LogP contribution in [0.15, 0.2) is 35.9 Å². The maximum Gasteiger partial charge on any atom is 0.119 e. The van der Waals surface area contributed by atoms with Crippen LogP contribution in [0.3, 0.4) is 0 Å². The van der Waals surface area contributed by atoms with E-state index in [1.165, 1.54) is 43.2 Å². The highest BCUT2D eigenvalue weighted by Gasteiger charge is 2.14. The smallest absolute Gasteiger partial charge is 0.119 e. The van der Waals surface area contributed by atoms with Gasteiger partial charge in [0, 0.05) is 12.5 Å². The highest BCUT2D eigenvalue weighted by Crippen LogP contribution is 2.21. The van der Waals surface area contributed by atoms with Crippen molar-refractivity contribution in [1.29, 1.82) is 0 Å². The first-order chi connectivity index (χ1) is 9.79. The van der Waals surface area contributed by atoms with Gasteiger partial charge in [-0.05, 0) is 50.3 Å². The molecule has 1 unspecified atom stereocenters. The topological polar surface area (TPSA) is 47.3 Å². The van der Waals surface area contributed by atoms with Gasteiger partial charge in [0.25, 0.3) is 0 Å². The number of aryl methyl sites for hydroxylation is 1. The fourth-order valence-electron chi connectivity index (χ4n) is 2.73. The molecule has 0 aromatic heterocycles. The van der Waals surface area contributed by atoms with E-state index in [9.17, 15) is 0 Å². The normalized spacial score (nSPS) is 17.2. The Morgan fingerprint density at radius 3 is 3.00 bits per heavy atom. The molecule has 0 spiro atoms. The molecule has 0 fully saturated rings. The first-order valence-electron chi connectivity index (χ1n) is 7.64. The summed E-state index contributed by atoms with van der Waals surface area (Å²) < 4.78 is 5.82. The molecule has 1 atom stereocenters. The van der Waals surface area contributed by atoms with Crippen molar-refractivity contribution in [2.75, 3.05) is 6.61 Å². The maximum absolute atomic E-state index is 5.82. The highest BCUT2D eigenvalue weighted by molar-refractivity contribution is 5.27. The maximum atomic E-state index is 5.82. The molecule has 1 aliphatic rings. The van der Waals surface area contributed by atoms with Crippen LogP contribution in [0, 0.1) is 6.92 Å². The van der Waals surface area contributed by atoms with Gasteiger partial charge in [-0.25, -0.2) is 0 Å². The van der Waals surface area contributed by atoms with Crippen molar-refractivity contribution in [3.8, 4) is 5.75 Å². The molecule has 1 aliphatic carbocycles. The van der Waals surface area contributed by atoms with Gasteiger partial charge in [-0.1, -0.05) is 30.2 Å². The third-order valence-electron chi connectivity index (χ3n) is 3.89. The zero-order valence-electron chi connectivity index (χ0n) is 12.4. The van der Waals surface area contributed by atoms with E-state index in [2.05, 4.69) is 30.6 Å². The van der Waals surface area contributed by atoms with E-state index in [-0.39, 0.29) is 6.04 Å². The molecule has 0 radical (unpaired) electrons. The SMILES string of the molecule is Cc1cccc(OCCC(NN)C2=CCCCCC2)c1. The van der Waals surface area contributed by atoms with Gasteiger partial charge in [0.1, 0.15) is 5.75 Å². The molecule has 1 aromatic rings. The number of allylic oxidation sites excluding steroid dienone is 1. The monoisotopic (exact) mass is 274 g/mol. The van der Waals surface area contributed by atoms with Gasteiger partial charge in [-0.2, -0.15) is 0 Å². The number of benzene rings is 1. The van der Waals surface area contributed by atoms with E-state index >= 15 is 0 Å². The summed E-state index contributed by atoms with van der Waals surface area (Å²) in [6, 6.07) is 8.42. The molecule has 110 valence electrons. The Bertz CT molecular complexity index is 442. The van der Waals surface area contributed by atoms with Gasteiger partial charge in [-0.15, -0.1) is 0 Å². The van der Waals surface area contributed by atoms with E-state index in [1.807, 2.05) is 12.1 Å². The number of hydrazine groups is 1. The van der Waals surface area contributed by atoms with Crippen LogP contribution in [0.1, 0.15) is 44.1 Å². The summed E-state index contributed by atoms with van der Waals surface area (Å²) in [7, 11) is 0. The number of rotatable bonds is 6. The third kappa shape index (κ3) is 4.66. The van der Waals surface area contributed by atoms with E-state index in [0.29, 0.717) is 6.61 Å². The molecular formula is C17H26N2O. The number of hydrogen-bond donors (Lipinski definition) is 2. The van der Waals surface area contributed by atoms with Crippen molar-refractivity contribution < 1.29 is 4.74 Å². The Morgan fingerprint density at radius 1 is 1.30 bits per heavy atom. The predicted molar refractivity (Wildman–Crippen MR) is 83.6 cm³/mol. The minimum atomic E-state index is 0.248. The summed E-state index contributed by atoms with van der Waals surface area (Å²) in [5, 5.41) is 0. The Balaban J connectivity index is 1.83. The lowest BCUT2D eigenvalue weighted by molar-refractivity contribution is 0.293. The van der Waals surface area contributed by atoms with E-state index in [0.717, 1.165) is 12.2 Å². The van der Waals surface area contributed by atoms with Crippen LogP contribution in [-0.4, -0.2) is 12.6 Å². The Hall–Kier alpha value is -1.32. The average Bonchev–Trinajstić information content (AvgIpc) is 2.73. The summed E-state index contributed by atoms with van der Waals surface area (Å²) in [6.45, 7) is 2.77. The van der Waals surface area contributed by atoms with Gasteiger partial charge in [0.05, 0.1) is 6.61 Å². The molecule has 0 saturated carbocycles. The number of nitrogens with two attached hydrogens (primary N) is 1. The first-order valence-corrected chi connectivity index (χ1v) is 7.64. The van der Waals surface area contributed by atoms with Crippen LogP contribution in [-0.2, 0) is 0 Å². The van der Waals surface area contributed by atoms with Crippen LogP contribution in [0.2, 0.25) is 0 Å². The van der Waals surface area contributed by atoms with E-state index in [4.69, 9.17) is 10.6 Å². The second-order valence-corrected chi connectivity index (χ2v) is 5.55. The van der Waals surface area contributed by atoms with Gasteiger partial charge >= 0.3 is 0 Å². The summed E-state index contributed by atoms with van der Waals surface area (Å²) >= 11 is 0. The minimum absolute atomic E-state index is 0.248. The van der Waals surface area contributed by atoms with Gasteiger partial charge in [0.2, 0.25) is 0 Å². The molecule has 0 heterocycles. The molecule has 1 aromatic carbocycles. The van der Waals surface area contributed by atoms with Crippen LogP contribution in [0.5, 0.6) is 5.75 Å². The summed E-state index contributed by atoms with van der Waals surface area (Å²) in [6.07, 6.45) is 9.55. The zero-order valence-corrected chi connectivity index (χ0v) is 12.4. The van der Waals surface area contributed by atoms with E-state index in [1.54, 1.807) is 0 Å². The van der Waals surface area contributed by atoms with Crippen molar-refractivity contribution in [2.24, 2.45) is 5.84 Å². The molecule has 0 amide bonds. The lowest BCUT2D eigenvalue weighted by Gasteiger charge is -2.19. The van der Waals surface area contributed by atoms with E-state index < -0.39 is 0 Å². The molecule has 3 heteroatoms. The van der Waals surface area contributed by atoms with Crippen molar-refractivity contribution >= 4 is 0 Å². The van der Waals surface area contributed by atoms with Crippen molar-refractivity contribution in [2.45, 2.75) is 51.5 Å². The molecule has 0 bridgehead atoms. The lowest BCUT2D eigenvalue weighted by Crippen LogP contribution is -2.37. The third-order valence-corrected chi connectivity index (χ3v) is 3.89. The second kappa shape index (κ2) is 8.08. The molecule has 0 saturated heterocycles. The van der Waals surface area contributed by atoms with Crippen molar-refractivity contribution in [1.82, 2.24) is 5.43 Å². The standard InChI is InChI=1S/C17H26N2O/c1-14-7-6-10-16(13-14)20-12-11-17(19-18)15-8-4-2-3-5-9-15/h6-8,10,13,17,19H,2-5,9,11-12,18H2,1H3. The summed E-state index contributed by atoms with van der Waals surface area (Å²) in [5.41, 5.74) is 5.63. The molecular weight excluding hydrogens is 248 g/mol. The zero-order chi connectivity index (χ0) is 14.2. The summed E-state index contributed by atoms with van der Waals surface area (Å²) in [4.78, 5) is 0. The lowest BCUT2D eigenvalue weighted by atomic mass is 10.0. The molecule has 0 aliphatic heterocycles. The Morgan fingerprint density at radius 2 is 2.20 bits per heavy atom. The summed E-state index contributed by atoms with van der Waals surface area (Å²) in [5.74, 6) is 6.65. The quantitative estimate of drug-likeness (QED) is 0.474. The molecule has 3 nitrogen and oxygen atoms in total. The predicted octanol–water partition coefficient (Wildman–Crippen LogP) is 3.49. The van der Waals surface area contributed by atoms with Crippen molar-refractivity contribution in [3.05, 3.63) is 41.5 Å². The van der Waals surface area contributed by atoms with Crippen LogP contribution >= 0.6 is 0 Å². The fourth-order valence-corrected chi connectivity index (χ4v) is 2.73. The Kier molecular flexibility index (Phi) is 6.09. The Labute approximate surface area is 122 Å². The molecule has 20 heavy (non-hydrogen) atoms. The fraction of sp³-hybridized carbons (Fsp3) is 0.529.